The van der Waals surface area contributed by atoms with Gasteiger partial charge < -0.3 is 0 Å². The molecule has 0 bridgehead atoms. The number of fused-ring (bicyclic) bond motifs is 1. The molecule has 0 saturated carbocycles. The van der Waals surface area contributed by atoms with E-state index in [4.69, 9.17) is 0 Å². The quantitative estimate of drug-likeness (QED) is 0.430. The van der Waals surface area contributed by atoms with Crippen LogP contribution in [0.1, 0.15) is 6.42 Å². The van der Waals surface area contributed by atoms with Crippen LogP contribution in [-0.4, -0.2) is 11.5 Å². The van der Waals surface area contributed by atoms with Gasteiger partial charge in [-0.05, 0) is 12.3 Å². The van der Waals surface area contributed by atoms with E-state index in [1.54, 1.807) is 5.57 Å². The van der Waals surface area contributed by atoms with Gasteiger partial charge in [-0.3, -0.25) is 0 Å². The second-order valence-corrected chi connectivity index (χ2v) is 3.26. The van der Waals surface area contributed by atoms with Crippen LogP contribution in [0.2, 0.25) is 0 Å². The summed E-state index contributed by atoms with van der Waals surface area (Å²) in [5.74, 6) is 3.77. The van der Waals surface area contributed by atoms with E-state index in [0.717, 1.165) is 5.92 Å². The molecule has 0 N–H and O–H groups in total. The Labute approximate surface area is 48.0 Å². The highest BCUT2D eigenvalue weighted by Gasteiger charge is 2.25. The van der Waals surface area contributed by atoms with Gasteiger partial charge in [0.15, 0.2) is 0 Å². The van der Waals surface area contributed by atoms with Crippen molar-refractivity contribution in [1.29, 1.82) is 0 Å². The van der Waals surface area contributed by atoms with Crippen molar-refractivity contribution in [3.8, 4) is 0 Å². The molecule has 1 fully saturated rings. The first-order valence-electron chi connectivity index (χ1n) is 2.73. The summed E-state index contributed by atoms with van der Waals surface area (Å²) < 4.78 is 0. The van der Waals surface area contributed by atoms with Crippen LogP contribution in [0.3, 0.4) is 0 Å². The summed E-state index contributed by atoms with van der Waals surface area (Å²) in [7, 11) is 0. The standard InChI is InChI=1S/C6H8S/c1-2-6-4-7-3-5(1)6/h1,6H,2-4H2. The first-order chi connectivity index (χ1) is 3.47. The Hall–Kier alpha value is 0.0900. The molecular formula is C6H8S. The Bertz CT molecular complexity index is 115. The molecule has 0 spiro atoms. The third kappa shape index (κ3) is 0.447. The molecule has 38 valence electrons. The molecule has 0 radical (unpaired) electrons. The summed E-state index contributed by atoms with van der Waals surface area (Å²) in [5.41, 5.74) is 1.73. The minimum atomic E-state index is 1.02. The van der Waals surface area contributed by atoms with E-state index in [0.29, 0.717) is 0 Å². The summed E-state index contributed by atoms with van der Waals surface area (Å²) in [5, 5.41) is 0. The molecule has 0 nitrogen and oxygen atoms in total. The highest BCUT2D eigenvalue weighted by Crippen LogP contribution is 2.38. The van der Waals surface area contributed by atoms with Gasteiger partial charge in [-0.15, -0.1) is 0 Å². The fourth-order valence-corrected chi connectivity index (χ4v) is 2.46. The SMILES string of the molecule is C1=C2CSCC2C1. The van der Waals surface area contributed by atoms with Gasteiger partial charge in [-0.25, -0.2) is 0 Å². The van der Waals surface area contributed by atoms with Crippen molar-refractivity contribution < 1.29 is 0 Å². The molecule has 1 heterocycles. The molecule has 0 amide bonds. The van der Waals surface area contributed by atoms with Gasteiger partial charge >= 0.3 is 0 Å². The van der Waals surface area contributed by atoms with Crippen molar-refractivity contribution in [1.82, 2.24) is 0 Å². The lowest BCUT2D eigenvalue weighted by Gasteiger charge is -2.16. The number of hydrogen-bond donors (Lipinski definition) is 0. The molecule has 0 aromatic rings. The molecular weight excluding hydrogens is 104 g/mol. The minimum Gasteiger partial charge on any atom is -0.157 e. The van der Waals surface area contributed by atoms with E-state index >= 15 is 0 Å². The van der Waals surface area contributed by atoms with Gasteiger partial charge in [0.1, 0.15) is 0 Å². The molecule has 1 saturated heterocycles. The fourth-order valence-electron chi connectivity index (χ4n) is 1.12. The van der Waals surface area contributed by atoms with E-state index < -0.39 is 0 Å². The van der Waals surface area contributed by atoms with Crippen LogP contribution in [0.15, 0.2) is 11.6 Å². The van der Waals surface area contributed by atoms with Gasteiger partial charge in [0.2, 0.25) is 0 Å². The maximum absolute atomic E-state index is 2.38. The first-order valence-corrected chi connectivity index (χ1v) is 3.89. The molecule has 1 aliphatic heterocycles. The normalized spacial score (nSPS) is 36.6. The highest BCUT2D eigenvalue weighted by atomic mass is 32.2. The Morgan fingerprint density at radius 3 is 3.00 bits per heavy atom. The van der Waals surface area contributed by atoms with Crippen LogP contribution >= 0.6 is 11.8 Å². The van der Waals surface area contributed by atoms with E-state index in [1.165, 1.54) is 17.9 Å². The predicted octanol–water partition coefficient (Wildman–Crippen LogP) is 1.68. The second-order valence-electron chi connectivity index (χ2n) is 2.23. The zero-order valence-corrected chi connectivity index (χ0v) is 5.00. The Kier molecular flexibility index (Phi) is 0.736. The maximum Gasteiger partial charge on any atom is 0.0146 e. The van der Waals surface area contributed by atoms with Crippen LogP contribution in [0, 0.1) is 5.92 Å². The number of hydrogen-bond acceptors (Lipinski definition) is 1. The Morgan fingerprint density at radius 1 is 1.71 bits per heavy atom. The largest absolute Gasteiger partial charge is 0.157 e. The number of rotatable bonds is 0. The molecule has 2 rings (SSSR count). The molecule has 1 heteroatoms. The highest BCUT2D eigenvalue weighted by molar-refractivity contribution is 7.99. The molecule has 1 atom stereocenters. The topological polar surface area (TPSA) is 0 Å². The monoisotopic (exact) mass is 112 g/mol. The Morgan fingerprint density at radius 2 is 2.71 bits per heavy atom. The van der Waals surface area contributed by atoms with Gasteiger partial charge in [0, 0.05) is 11.5 Å². The first kappa shape index (κ1) is 4.02. The maximum atomic E-state index is 2.38. The van der Waals surface area contributed by atoms with Gasteiger partial charge in [-0.1, -0.05) is 11.6 Å². The summed E-state index contributed by atoms with van der Waals surface area (Å²) in [6, 6.07) is 0. The van der Waals surface area contributed by atoms with Crippen molar-refractivity contribution in [3.63, 3.8) is 0 Å². The summed E-state index contributed by atoms with van der Waals surface area (Å²) in [6.07, 6.45) is 3.76. The average Bonchev–Trinajstić information content (AvgIpc) is 1.85. The molecule has 7 heavy (non-hydrogen) atoms. The predicted molar refractivity (Wildman–Crippen MR) is 33.5 cm³/mol. The van der Waals surface area contributed by atoms with Crippen LogP contribution < -0.4 is 0 Å². The second kappa shape index (κ2) is 1.28. The van der Waals surface area contributed by atoms with Gasteiger partial charge in [-0.2, -0.15) is 11.8 Å². The Balaban J connectivity index is 2.24. The van der Waals surface area contributed by atoms with Crippen molar-refractivity contribution >= 4 is 11.8 Å². The van der Waals surface area contributed by atoms with Crippen molar-refractivity contribution in [2.75, 3.05) is 11.5 Å². The van der Waals surface area contributed by atoms with Crippen molar-refractivity contribution in [2.24, 2.45) is 5.92 Å². The fraction of sp³-hybridized carbons (Fsp3) is 0.667. The van der Waals surface area contributed by atoms with Gasteiger partial charge in [0.05, 0.1) is 0 Å². The van der Waals surface area contributed by atoms with E-state index in [1.807, 2.05) is 0 Å². The van der Waals surface area contributed by atoms with Crippen molar-refractivity contribution in [3.05, 3.63) is 11.6 Å². The van der Waals surface area contributed by atoms with Crippen LogP contribution in [-0.2, 0) is 0 Å². The lowest BCUT2D eigenvalue weighted by atomic mass is 9.88. The molecule has 2 aliphatic rings. The number of allylic oxidation sites excluding steroid dienone is 1. The average molecular weight is 112 g/mol. The van der Waals surface area contributed by atoms with Crippen LogP contribution in [0.5, 0.6) is 0 Å². The third-order valence-electron chi connectivity index (χ3n) is 1.78. The summed E-state index contributed by atoms with van der Waals surface area (Å²) in [6.45, 7) is 0. The van der Waals surface area contributed by atoms with E-state index in [9.17, 15) is 0 Å². The molecule has 1 aliphatic carbocycles. The minimum absolute atomic E-state index is 1.02. The van der Waals surface area contributed by atoms with Gasteiger partial charge in [0.25, 0.3) is 0 Å². The van der Waals surface area contributed by atoms with E-state index in [-0.39, 0.29) is 0 Å². The van der Waals surface area contributed by atoms with Crippen LogP contribution in [0.25, 0.3) is 0 Å². The van der Waals surface area contributed by atoms with Crippen LogP contribution in [0.4, 0.5) is 0 Å². The van der Waals surface area contributed by atoms with E-state index in [2.05, 4.69) is 17.8 Å². The van der Waals surface area contributed by atoms with Crippen molar-refractivity contribution in [2.45, 2.75) is 6.42 Å². The summed E-state index contributed by atoms with van der Waals surface area (Å²) in [4.78, 5) is 0. The number of thioether (sulfide) groups is 1. The molecule has 0 aromatic carbocycles. The molecule has 1 unspecified atom stereocenters. The molecule has 0 aromatic heterocycles. The lowest BCUT2D eigenvalue weighted by Crippen LogP contribution is -2.08. The zero-order chi connectivity index (χ0) is 4.69. The lowest BCUT2D eigenvalue weighted by molar-refractivity contribution is 0.656. The third-order valence-corrected chi connectivity index (χ3v) is 2.95. The smallest absolute Gasteiger partial charge is 0.0146 e. The summed E-state index contributed by atoms with van der Waals surface area (Å²) >= 11 is 2.08. The zero-order valence-electron chi connectivity index (χ0n) is 4.18.